The van der Waals surface area contributed by atoms with Gasteiger partial charge >= 0.3 is 5.97 Å². The van der Waals surface area contributed by atoms with Gasteiger partial charge in [0, 0.05) is 17.2 Å². The molecule has 6 nitrogen and oxygen atoms in total. The monoisotopic (exact) mass is 223 g/mol. The van der Waals surface area contributed by atoms with E-state index < -0.39 is 16.7 Å². The normalized spacial score (nSPS) is 9.62. The van der Waals surface area contributed by atoms with Gasteiger partial charge in [-0.3, -0.25) is 14.9 Å². The molecule has 0 radical (unpaired) electrons. The molecule has 0 fully saturated rings. The van der Waals surface area contributed by atoms with Gasteiger partial charge in [-0.15, -0.1) is 0 Å². The number of Topliss-reactive ketones (excluding diaryl/α,β-unsaturated/α-hetero) is 1. The zero-order valence-corrected chi connectivity index (χ0v) is 8.72. The predicted octanol–water partition coefficient (Wildman–Crippen LogP) is 1.26. The van der Waals surface area contributed by atoms with Crippen LogP contribution in [0.2, 0.25) is 0 Å². The number of ketones is 1. The summed E-state index contributed by atoms with van der Waals surface area (Å²) in [5.41, 5.74) is -0.0568. The van der Waals surface area contributed by atoms with E-state index in [1.807, 2.05) is 0 Å². The van der Waals surface area contributed by atoms with Gasteiger partial charge in [-0.25, -0.2) is 4.79 Å². The van der Waals surface area contributed by atoms with Crippen molar-refractivity contribution >= 4 is 17.4 Å². The lowest BCUT2D eigenvalue weighted by Crippen LogP contribution is -2.17. The zero-order chi connectivity index (χ0) is 12.3. The summed E-state index contributed by atoms with van der Waals surface area (Å²) in [6.07, 6.45) is 0. The first-order valence-electron chi connectivity index (χ1n) is 4.35. The van der Waals surface area contributed by atoms with Gasteiger partial charge in [0.2, 0.25) is 0 Å². The topological polar surface area (TPSA) is 86.5 Å². The van der Waals surface area contributed by atoms with E-state index in [4.69, 9.17) is 0 Å². The van der Waals surface area contributed by atoms with Crippen molar-refractivity contribution in [2.24, 2.45) is 0 Å². The van der Waals surface area contributed by atoms with Crippen molar-refractivity contribution in [3.05, 3.63) is 39.4 Å². The van der Waals surface area contributed by atoms with E-state index in [2.05, 4.69) is 4.74 Å². The molecule has 0 aliphatic rings. The smallest absolute Gasteiger partial charge is 0.379 e. The molecule has 0 unspecified atom stereocenters. The molecule has 0 aliphatic heterocycles. The largest absolute Gasteiger partial charge is 0.463 e. The molecule has 0 bridgehead atoms. The lowest BCUT2D eigenvalue weighted by atomic mass is 10.0. The lowest BCUT2D eigenvalue weighted by molar-refractivity contribution is -0.385. The molecule has 0 aromatic heterocycles. The Morgan fingerprint density at radius 3 is 2.50 bits per heavy atom. The van der Waals surface area contributed by atoms with Crippen molar-refractivity contribution in [1.82, 2.24) is 0 Å². The third-order valence-electron chi connectivity index (χ3n) is 2.12. The molecule has 0 saturated heterocycles. The summed E-state index contributed by atoms with van der Waals surface area (Å²) in [4.78, 5) is 32.5. The van der Waals surface area contributed by atoms with Crippen molar-refractivity contribution in [2.75, 3.05) is 7.11 Å². The van der Waals surface area contributed by atoms with Crippen LogP contribution in [0.4, 0.5) is 5.69 Å². The second-order valence-corrected chi connectivity index (χ2v) is 3.03. The quantitative estimate of drug-likeness (QED) is 0.253. The Bertz CT molecular complexity index is 466. The van der Waals surface area contributed by atoms with Gasteiger partial charge in [0.15, 0.2) is 0 Å². The van der Waals surface area contributed by atoms with Crippen molar-refractivity contribution in [3.8, 4) is 0 Å². The van der Waals surface area contributed by atoms with E-state index in [-0.39, 0.29) is 16.8 Å². The van der Waals surface area contributed by atoms with Gasteiger partial charge in [-0.1, -0.05) is 12.1 Å². The molecule has 1 aromatic rings. The molecule has 84 valence electrons. The predicted molar refractivity (Wildman–Crippen MR) is 54.2 cm³/mol. The first kappa shape index (κ1) is 11.8. The molecular formula is C10H9NO5. The van der Waals surface area contributed by atoms with Crippen LogP contribution in [0.15, 0.2) is 18.2 Å². The number of carbonyl (C=O) groups excluding carboxylic acids is 2. The van der Waals surface area contributed by atoms with Crippen LogP contribution in [0.1, 0.15) is 15.9 Å². The number of carbonyl (C=O) groups is 2. The summed E-state index contributed by atoms with van der Waals surface area (Å²) in [6, 6.07) is 3.96. The van der Waals surface area contributed by atoms with E-state index in [1.54, 1.807) is 0 Å². The third-order valence-corrected chi connectivity index (χ3v) is 2.12. The van der Waals surface area contributed by atoms with Gasteiger partial charge in [0.05, 0.1) is 12.0 Å². The summed E-state index contributed by atoms with van der Waals surface area (Å²) in [7, 11) is 1.08. The first-order valence-corrected chi connectivity index (χ1v) is 4.35. The Hall–Kier alpha value is -2.24. The number of benzene rings is 1. The average Bonchev–Trinajstić information content (AvgIpc) is 2.27. The molecule has 0 N–H and O–H groups in total. The van der Waals surface area contributed by atoms with Crippen molar-refractivity contribution in [3.63, 3.8) is 0 Å². The van der Waals surface area contributed by atoms with Crippen LogP contribution in [0.25, 0.3) is 0 Å². The highest BCUT2D eigenvalue weighted by atomic mass is 16.6. The summed E-state index contributed by atoms with van der Waals surface area (Å²) in [5.74, 6) is -1.92. The number of esters is 1. The van der Waals surface area contributed by atoms with Gasteiger partial charge in [-0.2, -0.15) is 0 Å². The molecule has 0 aliphatic carbocycles. The van der Waals surface area contributed by atoms with Crippen LogP contribution >= 0.6 is 0 Å². The average molecular weight is 223 g/mol. The van der Waals surface area contributed by atoms with Crippen LogP contribution in [-0.4, -0.2) is 23.8 Å². The van der Waals surface area contributed by atoms with Crippen molar-refractivity contribution in [1.29, 1.82) is 0 Å². The lowest BCUT2D eigenvalue weighted by Gasteiger charge is -2.03. The fraction of sp³-hybridized carbons (Fsp3) is 0.200. The van der Waals surface area contributed by atoms with Crippen LogP contribution in [-0.2, 0) is 9.53 Å². The zero-order valence-electron chi connectivity index (χ0n) is 8.72. The molecule has 0 spiro atoms. The first-order chi connectivity index (χ1) is 7.49. The maximum atomic E-state index is 11.5. The second-order valence-electron chi connectivity index (χ2n) is 3.03. The molecule has 6 heteroatoms. The SMILES string of the molecule is COC(=O)C(=O)c1cccc([N+](=O)[O-])c1C. The summed E-state index contributed by atoms with van der Waals surface area (Å²) >= 11 is 0. The van der Waals surface area contributed by atoms with Crippen LogP contribution in [0.5, 0.6) is 0 Å². The minimum atomic E-state index is -1.04. The Morgan fingerprint density at radius 1 is 1.38 bits per heavy atom. The molecule has 1 rings (SSSR count). The van der Waals surface area contributed by atoms with E-state index >= 15 is 0 Å². The maximum Gasteiger partial charge on any atom is 0.379 e. The second kappa shape index (κ2) is 4.52. The fourth-order valence-electron chi connectivity index (χ4n) is 1.27. The van der Waals surface area contributed by atoms with Crippen LogP contribution in [0, 0.1) is 17.0 Å². The highest BCUT2D eigenvalue weighted by molar-refractivity contribution is 6.41. The van der Waals surface area contributed by atoms with Crippen molar-refractivity contribution in [2.45, 2.75) is 6.92 Å². The Balaban J connectivity index is 3.26. The molecule has 0 amide bonds. The minimum Gasteiger partial charge on any atom is -0.463 e. The summed E-state index contributed by atoms with van der Waals surface area (Å²) in [5, 5.41) is 10.6. The third kappa shape index (κ3) is 2.05. The van der Waals surface area contributed by atoms with E-state index in [0.29, 0.717) is 0 Å². The number of hydrogen-bond donors (Lipinski definition) is 0. The van der Waals surface area contributed by atoms with Gasteiger partial charge in [0.25, 0.3) is 11.5 Å². The fourth-order valence-corrected chi connectivity index (χ4v) is 1.27. The Kier molecular flexibility index (Phi) is 3.34. The number of ether oxygens (including phenoxy) is 1. The number of nitro benzene ring substituents is 1. The van der Waals surface area contributed by atoms with Crippen LogP contribution < -0.4 is 0 Å². The van der Waals surface area contributed by atoms with Gasteiger partial charge in [0.1, 0.15) is 0 Å². The molecule has 0 saturated carbocycles. The summed E-state index contributed by atoms with van der Waals surface area (Å²) < 4.78 is 4.26. The number of rotatable bonds is 3. The molecule has 1 aromatic carbocycles. The van der Waals surface area contributed by atoms with Gasteiger partial charge < -0.3 is 4.74 Å². The molecule has 16 heavy (non-hydrogen) atoms. The standard InChI is InChI=1S/C10H9NO5/c1-6-7(9(12)10(13)16-2)4-3-5-8(6)11(14)15/h3-5H,1-2H3. The number of methoxy groups -OCH3 is 1. The molecular weight excluding hydrogens is 214 g/mol. The maximum absolute atomic E-state index is 11.5. The number of hydrogen-bond acceptors (Lipinski definition) is 5. The van der Waals surface area contributed by atoms with E-state index in [0.717, 1.165) is 7.11 Å². The van der Waals surface area contributed by atoms with Crippen molar-refractivity contribution < 1.29 is 19.2 Å². The van der Waals surface area contributed by atoms with Gasteiger partial charge in [-0.05, 0) is 6.92 Å². The Labute approximate surface area is 91.0 Å². The number of nitrogens with zero attached hydrogens (tertiary/aromatic N) is 1. The highest BCUT2D eigenvalue weighted by Crippen LogP contribution is 2.21. The Morgan fingerprint density at radius 2 is 2.00 bits per heavy atom. The number of nitro groups is 1. The molecule has 0 heterocycles. The highest BCUT2D eigenvalue weighted by Gasteiger charge is 2.23. The minimum absolute atomic E-state index is 0.0129. The summed E-state index contributed by atoms with van der Waals surface area (Å²) in [6.45, 7) is 1.41. The van der Waals surface area contributed by atoms with E-state index in [9.17, 15) is 19.7 Å². The molecule has 0 atom stereocenters. The van der Waals surface area contributed by atoms with E-state index in [1.165, 1.54) is 25.1 Å². The van der Waals surface area contributed by atoms with Crippen LogP contribution in [0.3, 0.4) is 0 Å².